The van der Waals surface area contributed by atoms with Gasteiger partial charge >= 0.3 is 6.09 Å². The normalized spacial score (nSPS) is 12.8. The van der Waals surface area contributed by atoms with Crippen LogP contribution in [-0.2, 0) is 17.6 Å². The zero-order chi connectivity index (χ0) is 18.1. The number of benzene rings is 2. The van der Waals surface area contributed by atoms with Crippen molar-refractivity contribution in [2.24, 2.45) is 0 Å². The van der Waals surface area contributed by atoms with Crippen LogP contribution in [0.2, 0.25) is 0 Å². The van der Waals surface area contributed by atoms with E-state index in [-0.39, 0.29) is 6.04 Å². The van der Waals surface area contributed by atoms with Crippen molar-refractivity contribution >= 4 is 6.09 Å². The summed E-state index contributed by atoms with van der Waals surface area (Å²) < 4.78 is 5.39. The third kappa shape index (κ3) is 7.71. The number of hydrogen-bond donors (Lipinski definition) is 1. The molecule has 0 fully saturated rings. The van der Waals surface area contributed by atoms with Gasteiger partial charge in [-0.25, -0.2) is 4.79 Å². The smallest absolute Gasteiger partial charge is 0.408 e. The molecular formula is C22H27NO2. The molecule has 0 aliphatic heterocycles. The van der Waals surface area contributed by atoms with E-state index in [0.717, 1.165) is 12.8 Å². The second kappa shape index (κ2) is 9.07. The van der Waals surface area contributed by atoms with E-state index in [9.17, 15) is 4.79 Å². The van der Waals surface area contributed by atoms with E-state index >= 15 is 0 Å². The minimum atomic E-state index is -0.505. The Morgan fingerprint density at radius 3 is 2.12 bits per heavy atom. The Balaban J connectivity index is 2.01. The van der Waals surface area contributed by atoms with Crippen molar-refractivity contribution in [1.82, 2.24) is 5.32 Å². The highest BCUT2D eigenvalue weighted by atomic mass is 16.6. The lowest BCUT2D eigenvalue weighted by atomic mass is 10.0. The van der Waals surface area contributed by atoms with E-state index in [4.69, 9.17) is 4.74 Å². The fourth-order valence-corrected chi connectivity index (χ4v) is 2.48. The number of rotatable bonds is 6. The van der Waals surface area contributed by atoms with Gasteiger partial charge in [0.1, 0.15) is 5.60 Å². The van der Waals surface area contributed by atoms with Gasteiger partial charge in [0.05, 0.1) is 6.04 Å². The predicted molar refractivity (Wildman–Crippen MR) is 103 cm³/mol. The minimum Gasteiger partial charge on any atom is -0.444 e. The highest BCUT2D eigenvalue weighted by molar-refractivity contribution is 5.68. The summed E-state index contributed by atoms with van der Waals surface area (Å²) in [6.45, 7) is 5.60. The van der Waals surface area contributed by atoms with Gasteiger partial charge in [-0.15, -0.1) is 0 Å². The average Bonchev–Trinajstić information content (AvgIpc) is 2.55. The molecule has 2 rings (SSSR count). The first-order chi connectivity index (χ1) is 11.9. The SMILES string of the molecule is CC(C)(C)OC(=O)NC(/C=C/Cc1ccccc1)Cc1ccccc1. The number of alkyl carbamates (subject to hydrolysis) is 1. The summed E-state index contributed by atoms with van der Waals surface area (Å²) in [7, 11) is 0. The van der Waals surface area contributed by atoms with Crippen LogP contribution in [0, 0.1) is 0 Å². The lowest BCUT2D eigenvalue weighted by Crippen LogP contribution is -2.39. The molecule has 1 unspecified atom stereocenters. The monoisotopic (exact) mass is 337 g/mol. The van der Waals surface area contributed by atoms with Crippen LogP contribution in [0.5, 0.6) is 0 Å². The van der Waals surface area contributed by atoms with Crippen molar-refractivity contribution in [3.05, 3.63) is 83.9 Å². The van der Waals surface area contributed by atoms with Gasteiger partial charge in [0.15, 0.2) is 0 Å². The van der Waals surface area contributed by atoms with Crippen molar-refractivity contribution < 1.29 is 9.53 Å². The van der Waals surface area contributed by atoms with Crippen LogP contribution in [0.3, 0.4) is 0 Å². The molecule has 3 nitrogen and oxygen atoms in total. The molecular weight excluding hydrogens is 310 g/mol. The molecule has 2 aromatic carbocycles. The molecule has 0 spiro atoms. The molecule has 25 heavy (non-hydrogen) atoms. The van der Waals surface area contributed by atoms with E-state index < -0.39 is 11.7 Å². The van der Waals surface area contributed by atoms with Crippen LogP contribution in [-0.4, -0.2) is 17.7 Å². The summed E-state index contributed by atoms with van der Waals surface area (Å²) in [4.78, 5) is 12.1. The molecule has 3 heteroatoms. The molecule has 2 aromatic rings. The van der Waals surface area contributed by atoms with Crippen molar-refractivity contribution in [2.45, 2.75) is 45.3 Å². The molecule has 0 aliphatic rings. The Kier molecular flexibility index (Phi) is 6.81. The van der Waals surface area contributed by atoms with Crippen LogP contribution in [0.25, 0.3) is 0 Å². The Labute approximate surface area is 150 Å². The van der Waals surface area contributed by atoms with E-state index in [1.165, 1.54) is 11.1 Å². The Hall–Kier alpha value is -2.55. The molecule has 0 saturated heterocycles. The third-order valence-corrected chi connectivity index (χ3v) is 3.57. The van der Waals surface area contributed by atoms with Gasteiger partial charge in [0.2, 0.25) is 0 Å². The molecule has 0 heterocycles. The van der Waals surface area contributed by atoms with Crippen LogP contribution >= 0.6 is 0 Å². The van der Waals surface area contributed by atoms with Gasteiger partial charge < -0.3 is 10.1 Å². The van der Waals surface area contributed by atoms with Crippen LogP contribution in [0.1, 0.15) is 31.9 Å². The number of ether oxygens (including phenoxy) is 1. The second-order valence-electron chi connectivity index (χ2n) is 7.06. The minimum absolute atomic E-state index is 0.110. The highest BCUT2D eigenvalue weighted by Gasteiger charge is 2.18. The van der Waals surface area contributed by atoms with E-state index in [0.29, 0.717) is 0 Å². The summed E-state index contributed by atoms with van der Waals surface area (Å²) in [6, 6.07) is 20.3. The number of nitrogens with one attached hydrogen (secondary N) is 1. The number of allylic oxidation sites excluding steroid dienone is 1. The fraction of sp³-hybridized carbons (Fsp3) is 0.318. The third-order valence-electron chi connectivity index (χ3n) is 3.57. The van der Waals surface area contributed by atoms with Gasteiger partial charge in [-0.2, -0.15) is 0 Å². The molecule has 132 valence electrons. The van der Waals surface area contributed by atoms with E-state index in [1.807, 2.05) is 63.2 Å². The van der Waals surface area contributed by atoms with Crippen LogP contribution < -0.4 is 5.32 Å². The summed E-state index contributed by atoms with van der Waals surface area (Å²) in [5.74, 6) is 0. The van der Waals surface area contributed by atoms with Gasteiger partial charge in [-0.05, 0) is 44.7 Å². The first-order valence-corrected chi connectivity index (χ1v) is 8.66. The Morgan fingerprint density at radius 2 is 1.56 bits per heavy atom. The highest BCUT2D eigenvalue weighted by Crippen LogP contribution is 2.09. The maximum absolute atomic E-state index is 12.1. The fourth-order valence-electron chi connectivity index (χ4n) is 2.48. The molecule has 1 amide bonds. The Bertz CT molecular complexity index is 672. The average molecular weight is 337 g/mol. The van der Waals surface area contributed by atoms with E-state index in [2.05, 4.69) is 35.7 Å². The maximum atomic E-state index is 12.1. The first kappa shape index (κ1) is 18.8. The van der Waals surface area contributed by atoms with Gasteiger partial charge in [-0.3, -0.25) is 0 Å². The molecule has 0 aromatic heterocycles. The van der Waals surface area contributed by atoms with Crippen molar-refractivity contribution in [3.63, 3.8) is 0 Å². The van der Waals surface area contributed by atoms with Crippen molar-refractivity contribution in [3.8, 4) is 0 Å². The van der Waals surface area contributed by atoms with Gasteiger partial charge in [-0.1, -0.05) is 72.8 Å². The maximum Gasteiger partial charge on any atom is 0.408 e. The van der Waals surface area contributed by atoms with Crippen LogP contribution in [0.4, 0.5) is 4.79 Å². The summed E-state index contributed by atoms with van der Waals surface area (Å²) in [5, 5.41) is 2.96. The number of hydrogen-bond acceptors (Lipinski definition) is 2. The molecule has 0 radical (unpaired) electrons. The lowest BCUT2D eigenvalue weighted by molar-refractivity contribution is 0.0514. The standard InChI is InChI=1S/C22H27NO2/c1-22(2,3)25-21(24)23-20(17-19-13-8-5-9-14-19)16-10-15-18-11-6-4-7-12-18/h4-14,16,20H,15,17H2,1-3H3,(H,23,24)/b16-10+. The zero-order valence-electron chi connectivity index (χ0n) is 15.2. The number of amides is 1. The Morgan fingerprint density at radius 1 is 1.00 bits per heavy atom. The largest absolute Gasteiger partial charge is 0.444 e. The molecule has 0 bridgehead atoms. The van der Waals surface area contributed by atoms with Crippen molar-refractivity contribution in [1.29, 1.82) is 0 Å². The topological polar surface area (TPSA) is 38.3 Å². The number of carbonyl (C=O) groups excluding carboxylic acids is 1. The van der Waals surface area contributed by atoms with Gasteiger partial charge in [0.25, 0.3) is 0 Å². The predicted octanol–water partition coefficient (Wildman–Crippen LogP) is 4.92. The summed E-state index contributed by atoms with van der Waals surface area (Å²) >= 11 is 0. The lowest BCUT2D eigenvalue weighted by Gasteiger charge is -2.22. The molecule has 0 aliphatic carbocycles. The zero-order valence-corrected chi connectivity index (χ0v) is 15.2. The first-order valence-electron chi connectivity index (χ1n) is 8.66. The quantitative estimate of drug-likeness (QED) is 0.760. The second-order valence-corrected chi connectivity index (χ2v) is 7.06. The van der Waals surface area contributed by atoms with Gasteiger partial charge in [0, 0.05) is 0 Å². The molecule has 0 saturated carbocycles. The molecule has 1 atom stereocenters. The summed E-state index contributed by atoms with van der Waals surface area (Å²) in [6.07, 6.45) is 5.32. The van der Waals surface area contributed by atoms with Crippen LogP contribution in [0.15, 0.2) is 72.8 Å². The number of carbonyl (C=O) groups is 1. The van der Waals surface area contributed by atoms with Crippen molar-refractivity contribution in [2.75, 3.05) is 0 Å². The van der Waals surface area contributed by atoms with E-state index in [1.54, 1.807) is 0 Å². The molecule has 1 N–H and O–H groups in total. The summed E-state index contributed by atoms with van der Waals surface area (Å²) in [5.41, 5.74) is 1.91.